The summed E-state index contributed by atoms with van der Waals surface area (Å²) in [6.07, 6.45) is 0.646. The van der Waals surface area contributed by atoms with E-state index < -0.39 is 5.97 Å². The summed E-state index contributed by atoms with van der Waals surface area (Å²) in [6, 6.07) is 7.53. The third-order valence-electron chi connectivity index (χ3n) is 3.68. The number of aryl methyl sites for hydroxylation is 1. The lowest BCUT2D eigenvalue weighted by Gasteiger charge is -2.33. The maximum absolute atomic E-state index is 12.0. The van der Waals surface area contributed by atoms with Gasteiger partial charge in [0, 0.05) is 17.9 Å². The Morgan fingerprint density at radius 1 is 1.38 bits per heavy atom. The lowest BCUT2D eigenvalue weighted by molar-refractivity contribution is -0.145. The summed E-state index contributed by atoms with van der Waals surface area (Å²) in [5, 5.41) is 12.0. The molecule has 126 valence electrons. The molecule has 0 unspecified atom stereocenters. The van der Waals surface area contributed by atoms with Gasteiger partial charge >= 0.3 is 5.97 Å². The molecule has 1 fully saturated rings. The first-order valence-corrected chi connectivity index (χ1v) is 9.28. The zero-order chi connectivity index (χ0) is 17.3. The number of β-lactam (4-membered cyclic amide) rings is 1. The number of fused-ring (bicyclic) bond motifs is 1. The highest BCUT2D eigenvalue weighted by molar-refractivity contribution is 8.22. The summed E-state index contributed by atoms with van der Waals surface area (Å²) in [7, 11) is 0. The van der Waals surface area contributed by atoms with Crippen LogP contribution < -0.4 is 5.32 Å². The Labute approximate surface area is 147 Å². The maximum atomic E-state index is 12.0. The van der Waals surface area contributed by atoms with Crippen molar-refractivity contribution < 1.29 is 19.5 Å². The van der Waals surface area contributed by atoms with E-state index in [2.05, 4.69) is 5.32 Å². The summed E-state index contributed by atoms with van der Waals surface area (Å²) in [4.78, 5) is 36.2. The van der Waals surface area contributed by atoms with Crippen LogP contribution in [0.15, 0.2) is 34.2 Å². The molecule has 2 heterocycles. The van der Waals surface area contributed by atoms with Crippen LogP contribution in [0.5, 0.6) is 0 Å². The summed E-state index contributed by atoms with van der Waals surface area (Å²) in [5.74, 6) is -0.903. The number of nitrogens with zero attached hydrogens (tertiary/aromatic N) is 1. The molecular formula is C16H16N2O4S2. The highest BCUT2D eigenvalue weighted by atomic mass is 32.2. The molecule has 2 aliphatic rings. The number of hydrogen-bond acceptors (Lipinski definition) is 5. The smallest absolute Gasteiger partial charge is 0.354 e. The van der Waals surface area contributed by atoms with Crippen molar-refractivity contribution in [3.05, 3.63) is 39.8 Å². The topological polar surface area (TPSA) is 86.7 Å². The molecule has 2 N–H and O–H groups in total. The van der Waals surface area contributed by atoms with E-state index in [1.165, 1.54) is 28.4 Å². The van der Waals surface area contributed by atoms with Crippen molar-refractivity contribution in [3.8, 4) is 0 Å². The largest absolute Gasteiger partial charge is 0.477 e. The zero-order valence-corrected chi connectivity index (χ0v) is 14.6. The third kappa shape index (κ3) is 3.44. The second-order valence-electron chi connectivity index (χ2n) is 5.49. The number of thioether (sulfide) groups is 2. The quantitative estimate of drug-likeness (QED) is 0.755. The molecular weight excluding hydrogens is 348 g/mol. The highest BCUT2D eigenvalue weighted by Crippen LogP contribution is 2.50. The number of hydrogen-bond donors (Lipinski definition) is 2. The Hall–Kier alpha value is -1.93. The van der Waals surface area contributed by atoms with Crippen LogP contribution in [0.25, 0.3) is 0 Å². The Balaban J connectivity index is 1.53. The van der Waals surface area contributed by atoms with Crippen molar-refractivity contribution in [2.45, 2.75) is 25.1 Å². The minimum Gasteiger partial charge on any atom is -0.477 e. The molecule has 8 heteroatoms. The first-order valence-electron chi connectivity index (χ1n) is 7.41. The number of anilines is 1. The first kappa shape index (κ1) is 16.9. The van der Waals surface area contributed by atoms with Gasteiger partial charge in [0.15, 0.2) is 5.70 Å². The number of carbonyl (C=O) groups is 3. The molecule has 0 radical (unpaired) electrons. The van der Waals surface area contributed by atoms with Gasteiger partial charge in [0.05, 0.1) is 16.0 Å². The number of carbonyl (C=O) groups excluding carboxylic acids is 2. The average molecular weight is 364 g/mol. The molecule has 2 amide bonds. The Bertz CT molecular complexity index is 730. The first-order chi connectivity index (χ1) is 11.5. The van der Waals surface area contributed by atoms with Crippen LogP contribution in [-0.2, 0) is 14.4 Å². The van der Waals surface area contributed by atoms with Crippen LogP contribution in [0, 0.1) is 6.92 Å². The van der Waals surface area contributed by atoms with Gasteiger partial charge in [0.25, 0.3) is 0 Å². The monoisotopic (exact) mass is 364 g/mol. The summed E-state index contributed by atoms with van der Waals surface area (Å²) in [5.41, 5.74) is 1.92. The van der Waals surface area contributed by atoms with E-state index in [4.69, 9.17) is 0 Å². The minimum absolute atomic E-state index is 0.0604. The fraction of sp³-hybridized carbons (Fsp3) is 0.312. The van der Waals surface area contributed by atoms with Gasteiger partial charge in [0.1, 0.15) is 0 Å². The Morgan fingerprint density at radius 3 is 2.71 bits per heavy atom. The molecule has 24 heavy (non-hydrogen) atoms. The van der Waals surface area contributed by atoms with Gasteiger partial charge in [-0.25, -0.2) is 4.79 Å². The van der Waals surface area contributed by atoms with Gasteiger partial charge in [-0.2, -0.15) is 0 Å². The number of nitrogens with one attached hydrogen (secondary N) is 1. The molecule has 0 spiro atoms. The lowest BCUT2D eigenvalue weighted by Crippen LogP contribution is -2.48. The minimum atomic E-state index is -1.09. The number of carboxylic acid groups (broad SMARTS) is 1. The van der Waals surface area contributed by atoms with E-state index in [0.717, 1.165) is 11.3 Å². The predicted octanol–water partition coefficient (Wildman–Crippen LogP) is 2.62. The summed E-state index contributed by atoms with van der Waals surface area (Å²) >= 11 is 2.71. The normalized spacial score (nSPS) is 19.1. The molecule has 6 nitrogen and oxygen atoms in total. The summed E-state index contributed by atoms with van der Waals surface area (Å²) < 4.78 is 0.612. The van der Waals surface area contributed by atoms with Crippen molar-refractivity contribution in [3.63, 3.8) is 0 Å². The van der Waals surface area contributed by atoms with E-state index in [9.17, 15) is 19.5 Å². The van der Waals surface area contributed by atoms with Crippen LogP contribution >= 0.6 is 23.5 Å². The van der Waals surface area contributed by atoms with Gasteiger partial charge < -0.3 is 10.4 Å². The van der Waals surface area contributed by atoms with Crippen LogP contribution in [-0.4, -0.2) is 38.9 Å². The molecule has 2 aliphatic heterocycles. The molecule has 0 bridgehead atoms. The van der Waals surface area contributed by atoms with Gasteiger partial charge in [-0.3, -0.25) is 14.5 Å². The zero-order valence-electron chi connectivity index (χ0n) is 12.9. The SMILES string of the molecule is Cc1ccc(NC(=O)CCSC2=C(C(=O)O)N3C(=O)C[C@@H]3S2)cc1. The number of carboxylic acids is 1. The molecule has 1 atom stereocenters. The lowest BCUT2D eigenvalue weighted by atomic mass is 10.2. The number of amides is 2. The maximum Gasteiger partial charge on any atom is 0.354 e. The molecule has 1 saturated heterocycles. The van der Waals surface area contributed by atoms with E-state index in [1.807, 2.05) is 31.2 Å². The van der Waals surface area contributed by atoms with Gasteiger partial charge in [-0.15, -0.1) is 11.8 Å². The molecule has 0 saturated carbocycles. The van der Waals surface area contributed by atoms with Crippen molar-refractivity contribution in [1.82, 2.24) is 4.90 Å². The average Bonchev–Trinajstić information content (AvgIpc) is 2.82. The molecule has 0 aromatic heterocycles. The molecule has 1 aromatic rings. The van der Waals surface area contributed by atoms with Gasteiger partial charge in [0.2, 0.25) is 11.8 Å². The van der Waals surface area contributed by atoms with Gasteiger partial charge in [-0.05, 0) is 19.1 Å². The second kappa shape index (κ2) is 6.90. The number of benzene rings is 1. The predicted molar refractivity (Wildman–Crippen MR) is 94.4 cm³/mol. The Morgan fingerprint density at radius 2 is 2.08 bits per heavy atom. The van der Waals surface area contributed by atoms with Crippen molar-refractivity contribution in [2.24, 2.45) is 0 Å². The Kier molecular flexibility index (Phi) is 4.86. The van der Waals surface area contributed by atoms with Crippen molar-refractivity contribution in [2.75, 3.05) is 11.1 Å². The third-order valence-corrected chi connectivity index (χ3v) is 6.25. The molecule has 0 aliphatic carbocycles. The molecule has 1 aromatic carbocycles. The van der Waals surface area contributed by atoms with Crippen LogP contribution in [0.2, 0.25) is 0 Å². The highest BCUT2D eigenvalue weighted by Gasteiger charge is 2.48. The fourth-order valence-electron chi connectivity index (χ4n) is 2.42. The van der Waals surface area contributed by atoms with Crippen LogP contribution in [0.3, 0.4) is 0 Å². The van der Waals surface area contributed by atoms with Crippen LogP contribution in [0.4, 0.5) is 5.69 Å². The van der Waals surface area contributed by atoms with E-state index in [1.54, 1.807) is 0 Å². The second-order valence-corrected chi connectivity index (χ2v) is 8.05. The summed E-state index contributed by atoms with van der Waals surface area (Å²) in [6.45, 7) is 1.98. The fourth-order valence-corrected chi connectivity index (χ4v) is 5.17. The van der Waals surface area contributed by atoms with Gasteiger partial charge in [-0.1, -0.05) is 29.5 Å². The standard InChI is InChI=1S/C16H16N2O4S2/c1-9-2-4-10(5-3-9)17-11(19)6-7-23-16-14(15(21)22)18-12(20)8-13(18)24-16/h2-5,13H,6-8H2,1H3,(H,17,19)(H,21,22)/t13-/m0/s1. The van der Waals surface area contributed by atoms with Crippen molar-refractivity contribution in [1.29, 1.82) is 0 Å². The van der Waals surface area contributed by atoms with Crippen molar-refractivity contribution >= 4 is 47.0 Å². The number of aliphatic carboxylic acids is 1. The van der Waals surface area contributed by atoms with E-state index >= 15 is 0 Å². The number of rotatable bonds is 6. The van der Waals surface area contributed by atoms with Crippen LogP contribution in [0.1, 0.15) is 18.4 Å². The molecule has 3 rings (SSSR count). The van der Waals surface area contributed by atoms with E-state index in [-0.39, 0.29) is 29.3 Å². The van der Waals surface area contributed by atoms with E-state index in [0.29, 0.717) is 16.4 Å².